The van der Waals surface area contributed by atoms with Crippen LogP contribution >= 0.6 is 11.6 Å². The zero-order valence-corrected chi connectivity index (χ0v) is 13.9. The lowest BCUT2D eigenvalue weighted by Gasteiger charge is -2.46. The molecule has 0 atom stereocenters. The molecular weight excluding hydrogens is 355 g/mol. The van der Waals surface area contributed by atoms with E-state index in [-0.39, 0.29) is 24.6 Å². The number of ether oxygens (including phenoxy) is 3. The first-order chi connectivity index (χ1) is 11.9. The lowest BCUT2D eigenvalue weighted by Crippen LogP contribution is -2.70. The highest BCUT2D eigenvalue weighted by molar-refractivity contribution is 6.30. The fourth-order valence-corrected chi connectivity index (χ4v) is 3.31. The molecule has 1 aromatic carbocycles. The zero-order chi connectivity index (χ0) is 17.6. The summed E-state index contributed by atoms with van der Waals surface area (Å²) in [5.41, 5.74) is -0.465. The van der Waals surface area contributed by atoms with Crippen LogP contribution < -0.4 is 10.1 Å². The number of hydrogen-bond acceptors (Lipinski definition) is 5. The van der Waals surface area contributed by atoms with E-state index in [0.717, 1.165) is 0 Å². The molecule has 1 aromatic rings. The van der Waals surface area contributed by atoms with Crippen molar-refractivity contribution in [1.29, 1.82) is 0 Å². The number of amides is 2. The first-order valence-electron chi connectivity index (χ1n) is 7.95. The van der Waals surface area contributed by atoms with E-state index in [2.05, 4.69) is 5.32 Å². The molecular formula is C16H16ClFN2O5. The Morgan fingerprint density at radius 1 is 1.36 bits per heavy atom. The summed E-state index contributed by atoms with van der Waals surface area (Å²) in [4.78, 5) is 24.6. The van der Waals surface area contributed by atoms with Gasteiger partial charge in [-0.05, 0) is 18.2 Å². The standard InChI is InChI=1S/C16H16ClFN2O5/c17-9-1-2-13(12(18)3-9)24-10-4-11(5-10)25-15(22)20-6-16(7-20)8-23-14(21)19-16/h1-3,10-11H,4-8H2,(H,19,21). The number of hydrogen-bond donors (Lipinski definition) is 1. The fourth-order valence-electron chi connectivity index (χ4n) is 3.15. The average molecular weight is 371 g/mol. The summed E-state index contributed by atoms with van der Waals surface area (Å²) in [6.45, 7) is 1.02. The van der Waals surface area contributed by atoms with Crippen molar-refractivity contribution in [1.82, 2.24) is 10.2 Å². The maximum absolute atomic E-state index is 13.7. The van der Waals surface area contributed by atoms with Gasteiger partial charge in [0.2, 0.25) is 0 Å². The number of alkyl carbamates (subject to hydrolysis) is 1. The van der Waals surface area contributed by atoms with Crippen molar-refractivity contribution in [3.63, 3.8) is 0 Å². The summed E-state index contributed by atoms with van der Waals surface area (Å²) >= 11 is 5.69. The monoisotopic (exact) mass is 370 g/mol. The molecule has 9 heteroatoms. The molecule has 2 saturated heterocycles. The lowest BCUT2D eigenvalue weighted by molar-refractivity contribution is -0.0508. The van der Waals surface area contributed by atoms with E-state index in [1.54, 1.807) is 6.07 Å². The molecule has 1 spiro atoms. The quantitative estimate of drug-likeness (QED) is 0.883. The van der Waals surface area contributed by atoms with Crippen molar-refractivity contribution in [3.05, 3.63) is 29.0 Å². The number of benzene rings is 1. The third kappa shape index (κ3) is 3.18. The second kappa shape index (κ2) is 5.94. The molecule has 1 saturated carbocycles. The van der Waals surface area contributed by atoms with E-state index in [9.17, 15) is 14.0 Å². The number of carbonyl (C=O) groups excluding carboxylic acids is 2. The van der Waals surface area contributed by atoms with Crippen LogP contribution in [0.1, 0.15) is 12.8 Å². The van der Waals surface area contributed by atoms with Crippen LogP contribution in [-0.2, 0) is 9.47 Å². The van der Waals surface area contributed by atoms with Crippen LogP contribution in [0.15, 0.2) is 18.2 Å². The first-order valence-corrected chi connectivity index (χ1v) is 8.32. The molecule has 0 unspecified atom stereocenters. The third-order valence-electron chi connectivity index (χ3n) is 4.60. The highest BCUT2D eigenvalue weighted by Crippen LogP contribution is 2.32. The molecule has 25 heavy (non-hydrogen) atoms. The number of cyclic esters (lactones) is 1. The number of carbonyl (C=O) groups is 2. The molecule has 7 nitrogen and oxygen atoms in total. The van der Waals surface area contributed by atoms with Gasteiger partial charge in [-0.2, -0.15) is 0 Å². The van der Waals surface area contributed by atoms with E-state index >= 15 is 0 Å². The van der Waals surface area contributed by atoms with Crippen LogP contribution in [0.25, 0.3) is 0 Å². The SMILES string of the molecule is O=C1NC2(CO1)CN(C(=O)OC1CC(Oc3ccc(Cl)cc3F)C1)C2. The van der Waals surface area contributed by atoms with Crippen molar-refractivity contribution in [3.8, 4) is 5.75 Å². The topological polar surface area (TPSA) is 77.1 Å². The predicted octanol–water partition coefficient (Wildman–Crippen LogP) is 2.32. The van der Waals surface area contributed by atoms with E-state index in [1.807, 2.05) is 0 Å². The molecule has 0 radical (unpaired) electrons. The number of rotatable bonds is 3. The maximum Gasteiger partial charge on any atom is 0.410 e. The number of halogens is 2. The van der Waals surface area contributed by atoms with Gasteiger partial charge in [0.1, 0.15) is 24.4 Å². The van der Waals surface area contributed by atoms with Crippen LogP contribution in [0.5, 0.6) is 5.75 Å². The summed E-state index contributed by atoms with van der Waals surface area (Å²) in [6.07, 6.45) is -0.314. The van der Waals surface area contributed by atoms with E-state index < -0.39 is 23.5 Å². The Morgan fingerprint density at radius 2 is 2.12 bits per heavy atom. The van der Waals surface area contributed by atoms with Crippen molar-refractivity contribution in [2.75, 3.05) is 19.7 Å². The molecule has 1 N–H and O–H groups in total. The Labute approximate surface area is 148 Å². The van der Waals surface area contributed by atoms with Crippen LogP contribution in [-0.4, -0.2) is 54.5 Å². The second-order valence-electron chi connectivity index (χ2n) is 6.63. The Morgan fingerprint density at radius 3 is 2.76 bits per heavy atom. The van der Waals surface area contributed by atoms with Crippen LogP contribution in [0.4, 0.5) is 14.0 Å². The summed E-state index contributed by atoms with van der Waals surface area (Å²) in [6, 6.07) is 4.23. The highest BCUT2D eigenvalue weighted by atomic mass is 35.5. The summed E-state index contributed by atoms with van der Waals surface area (Å²) in [7, 11) is 0. The van der Waals surface area contributed by atoms with Gasteiger partial charge in [0.05, 0.1) is 13.1 Å². The minimum Gasteiger partial charge on any atom is -0.487 e. The van der Waals surface area contributed by atoms with E-state index in [1.165, 1.54) is 17.0 Å². The number of nitrogens with one attached hydrogen (secondary N) is 1. The molecule has 4 rings (SSSR count). The van der Waals surface area contributed by atoms with Gasteiger partial charge in [0, 0.05) is 17.9 Å². The molecule has 3 fully saturated rings. The Kier molecular flexibility index (Phi) is 3.87. The Bertz CT molecular complexity index is 718. The van der Waals surface area contributed by atoms with Gasteiger partial charge < -0.3 is 24.4 Å². The fraction of sp³-hybridized carbons (Fsp3) is 0.500. The van der Waals surface area contributed by atoms with Gasteiger partial charge in [-0.25, -0.2) is 14.0 Å². The largest absolute Gasteiger partial charge is 0.487 e. The molecule has 2 heterocycles. The first kappa shape index (κ1) is 16.3. The maximum atomic E-state index is 13.7. The highest BCUT2D eigenvalue weighted by Gasteiger charge is 2.52. The minimum atomic E-state index is -0.514. The van der Waals surface area contributed by atoms with Crippen LogP contribution in [0, 0.1) is 5.82 Å². The molecule has 3 aliphatic rings. The van der Waals surface area contributed by atoms with E-state index in [0.29, 0.717) is 31.0 Å². The van der Waals surface area contributed by atoms with Crippen molar-refractivity contribution >= 4 is 23.8 Å². The van der Waals surface area contributed by atoms with Crippen LogP contribution in [0.2, 0.25) is 5.02 Å². The predicted molar refractivity (Wildman–Crippen MR) is 84.1 cm³/mol. The Balaban J connectivity index is 1.20. The molecule has 2 aliphatic heterocycles. The van der Waals surface area contributed by atoms with Gasteiger partial charge in [0.15, 0.2) is 11.6 Å². The second-order valence-corrected chi connectivity index (χ2v) is 7.07. The number of nitrogens with zero attached hydrogens (tertiary/aromatic N) is 1. The minimum absolute atomic E-state index is 0.140. The van der Waals surface area contributed by atoms with Gasteiger partial charge in [0.25, 0.3) is 0 Å². The van der Waals surface area contributed by atoms with Gasteiger partial charge in [-0.15, -0.1) is 0 Å². The number of likely N-dealkylation sites (tertiary alicyclic amines) is 1. The normalized spacial score (nSPS) is 26.3. The molecule has 0 bridgehead atoms. The van der Waals surface area contributed by atoms with Crippen LogP contribution in [0.3, 0.4) is 0 Å². The van der Waals surface area contributed by atoms with Gasteiger partial charge >= 0.3 is 12.2 Å². The lowest BCUT2D eigenvalue weighted by atomic mass is 9.91. The molecule has 134 valence electrons. The summed E-state index contributed by atoms with van der Waals surface area (Å²) in [5, 5.41) is 3.01. The smallest absolute Gasteiger partial charge is 0.410 e. The molecule has 1 aliphatic carbocycles. The van der Waals surface area contributed by atoms with Gasteiger partial charge in [-0.1, -0.05) is 11.6 Å². The summed E-state index contributed by atoms with van der Waals surface area (Å²) in [5.74, 6) is -0.375. The van der Waals surface area contributed by atoms with Gasteiger partial charge in [-0.3, -0.25) is 0 Å². The molecule has 0 aromatic heterocycles. The molecule has 2 amide bonds. The van der Waals surface area contributed by atoms with Crippen molar-refractivity contribution in [2.24, 2.45) is 0 Å². The van der Waals surface area contributed by atoms with Crippen molar-refractivity contribution < 1.29 is 28.2 Å². The third-order valence-corrected chi connectivity index (χ3v) is 4.83. The van der Waals surface area contributed by atoms with Crippen molar-refractivity contribution in [2.45, 2.75) is 30.6 Å². The summed E-state index contributed by atoms with van der Waals surface area (Å²) < 4.78 is 29.4. The average Bonchev–Trinajstić information content (AvgIpc) is 2.88. The zero-order valence-electron chi connectivity index (χ0n) is 13.2. The Hall–Kier alpha value is -2.22. The van der Waals surface area contributed by atoms with E-state index in [4.69, 9.17) is 25.8 Å².